The number of H-pyrrole nitrogens is 1. The van der Waals surface area contributed by atoms with E-state index in [0.717, 1.165) is 5.56 Å². The van der Waals surface area contributed by atoms with Crippen molar-refractivity contribution in [2.24, 2.45) is 0 Å². The monoisotopic (exact) mass is 492 g/mol. The van der Waals surface area contributed by atoms with Gasteiger partial charge in [-0.3, -0.25) is 14.6 Å². The Balaban J connectivity index is 1.39. The van der Waals surface area contributed by atoms with Crippen LogP contribution in [0.2, 0.25) is 0 Å². The molecule has 2 N–H and O–H groups in total. The summed E-state index contributed by atoms with van der Waals surface area (Å²) in [5, 5.41) is 38.4. The minimum absolute atomic E-state index is 0.123. The molecule has 0 bridgehead atoms. The van der Waals surface area contributed by atoms with Crippen molar-refractivity contribution in [2.75, 3.05) is 0 Å². The second-order valence-corrected chi connectivity index (χ2v) is 8.48. The molecule has 0 saturated carbocycles. The first-order valence-electron chi connectivity index (χ1n) is 11.3. The van der Waals surface area contributed by atoms with Crippen molar-refractivity contribution in [1.29, 1.82) is 5.26 Å². The number of aromatic amines is 1. The minimum atomic E-state index is -0.971. The molecule has 6 rings (SSSR count). The highest BCUT2D eigenvalue weighted by atomic mass is 19.1. The third kappa shape index (κ3) is 3.96. The van der Waals surface area contributed by atoms with Crippen molar-refractivity contribution < 1.29 is 14.3 Å². The molecule has 0 atom stereocenters. The number of carboxylic acids is 1. The van der Waals surface area contributed by atoms with E-state index in [9.17, 15) is 4.79 Å². The molecule has 3 aromatic carbocycles. The third-order valence-electron chi connectivity index (χ3n) is 6.12. The second kappa shape index (κ2) is 8.69. The first kappa shape index (κ1) is 22.1. The zero-order valence-electron chi connectivity index (χ0n) is 19.1. The van der Waals surface area contributed by atoms with Crippen LogP contribution in [-0.4, -0.2) is 46.0 Å². The predicted octanol–water partition coefficient (Wildman–Crippen LogP) is 3.85. The Labute approximate surface area is 208 Å². The average molecular weight is 492 g/mol. The van der Waals surface area contributed by atoms with E-state index in [1.165, 1.54) is 10.7 Å². The fourth-order valence-electron chi connectivity index (χ4n) is 4.36. The Hall–Kier alpha value is -5.37. The Bertz CT molecular complexity index is 1840. The molecular weight excluding hydrogens is 475 g/mol. The molecule has 0 aliphatic rings. The number of hydrogen-bond donors (Lipinski definition) is 2. The van der Waals surface area contributed by atoms with Crippen LogP contribution in [0.25, 0.3) is 38.9 Å². The highest BCUT2D eigenvalue weighted by molar-refractivity contribution is 5.88. The van der Waals surface area contributed by atoms with Crippen molar-refractivity contribution in [1.82, 2.24) is 35.0 Å². The molecule has 0 unspecified atom stereocenters. The van der Waals surface area contributed by atoms with Gasteiger partial charge in [0.25, 0.3) is 0 Å². The summed E-state index contributed by atoms with van der Waals surface area (Å²) in [5.41, 5.74) is 5.10. The largest absolute Gasteiger partial charge is 0.481 e. The van der Waals surface area contributed by atoms with Crippen LogP contribution in [0.1, 0.15) is 16.8 Å². The number of halogens is 1. The van der Waals surface area contributed by atoms with Crippen LogP contribution < -0.4 is 0 Å². The van der Waals surface area contributed by atoms with E-state index in [1.54, 1.807) is 53.3 Å². The minimum Gasteiger partial charge on any atom is -0.481 e. The van der Waals surface area contributed by atoms with Gasteiger partial charge in [-0.2, -0.15) is 15.5 Å². The van der Waals surface area contributed by atoms with Crippen molar-refractivity contribution >= 4 is 27.9 Å². The van der Waals surface area contributed by atoms with Crippen LogP contribution in [-0.2, 0) is 17.8 Å². The molecule has 0 radical (unpaired) electrons. The van der Waals surface area contributed by atoms with E-state index in [1.807, 2.05) is 12.1 Å². The lowest BCUT2D eigenvalue weighted by Gasteiger charge is -2.09. The van der Waals surface area contributed by atoms with Crippen molar-refractivity contribution in [3.8, 4) is 23.0 Å². The molecule has 0 spiro atoms. The molecule has 0 amide bonds. The SMILES string of the molecule is N#Cc1ccc(Cn2nccc2-c2cc(F)c3nnn(-c4ccc5c(CC(=O)O)n[nH]c5c4)c3c2)cc1. The highest BCUT2D eigenvalue weighted by Crippen LogP contribution is 2.29. The van der Waals surface area contributed by atoms with E-state index < -0.39 is 11.8 Å². The maximum Gasteiger partial charge on any atom is 0.309 e. The standard InChI is InChI=1S/C26H17FN8O2/c27-20-9-17(23-7-8-29-34(23)14-16-3-1-15(13-28)2-4-16)10-24-26(20)32-33-35(24)18-5-6-19-21(11-18)30-31-22(19)12-25(36)37/h1-11H,12,14H2,(H,30,31)(H,36,37). The van der Waals surface area contributed by atoms with Gasteiger partial charge in [0.15, 0.2) is 5.82 Å². The normalized spacial score (nSPS) is 11.2. The lowest BCUT2D eigenvalue weighted by atomic mass is 10.1. The molecule has 37 heavy (non-hydrogen) atoms. The number of aromatic nitrogens is 7. The molecule has 10 nitrogen and oxygen atoms in total. The number of nitrogens with one attached hydrogen (secondary N) is 1. The topological polar surface area (TPSA) is 138 Å². The maximum atomic E-state index is 15.1. The van der Waals surface area contributed by atoms with Gasteiger partial charge in [-0.15, -0.1) is 5.10 Å². The summed E-state index contributed by atoms with van der Waals surface area (Å²) >= 11 is 0. The summed E-state index contributed by atoms with van der Waals surface area (Å²) in [5.74, 6) is -1.49. The molecule has 0 aliphatic carbocycles. The molecule has 11 heteroatoms. The van der Waals surface area contributed by atoms with Gasteiger partial charge in [0, 0.05) is 17.1 Å². The number of hydrogen-bond acceptors (Lipinski definition) is 6. The van der Waals surface area contributed by atoms with Crippen LogP contribution >= 0.6 is 0 Å². The quantitative estimate of drug-likeness (QED) is 0.360. The molecule has 6 aromatic rings. The van der Waals surface area contributed by atoms with Gasteiger partial charge >= 0.3 is 5.97 Å². The molecular formula is C26H17FN8O2. The number of nitrogens with zero attached hydrogens (tertiary/aromatic N) is 7. The number of carboxylic acid groups (broad SMARTS) is 1. The zero-order chi connectivity index (χ0) is 25.5. The molecule has 0 saturated heterocycles. The van der Waals surface area contributed by atoms with Crippen molar-refractivity contribution in [3.63, 3.8) is 0 Å². The first-order chi connectivity index (χ1) is 18.0. The van der Waals surface area contributed by atoms with Crippen LogP contribution in [0.5, 0.6) is 0 Å². The third-order valence-corrected chi connectivity index (χ3v) is 6.12. The predicted molar refractivity (Wildman–Crippen MR) is 131 cm³/mol. The van der Waals surface area contributed by atoms with Gasteiger partial charge in [-0.05, 0) is 54.1 Å². The lowest BCUT2D eigenvalue weighted by Crippen LogP contribution is -2.04. The molecule has 3 aromatic heterocycles. The summed E-state index contributed by atoms with van der Waals surface area (Å²) < 4.78 is 18.4. The highest BCUT2D eigenvalue weighted by Gasteiger charge is 2.17. The van der Waals surface area contributed by atoms with Crippen LogP contribution in [0.4, 0.5) is 4.39 Å². The fourth-order valence-corrected chi connectivity index (χ4v) is 4.36. The maximum absolute atomic E-state index is 15.1. The second-order valence-electron chi connectivity index (χ2n) is 8.48. The smallest absolute Gasteiger partial charge is 0.309 e. The number of nitriles is 1. The van der Waals surface area contributed by atoms with Crippen molar-refractivity contribution in [3.05, 3.63) is 89.5 Å². The number of aliphatic carboxylic acids is 1. The Morgan fingerprint density at radius 3 is 2.73 bits per heavy atom. The number of rotatable bonds is 6. The van der Waals surface area contributed by atoms with Gasteiger partial charge < -0.3 is 5.11 Å². The molecule has 0 aliphatic heterocycles. The fraction of sp³-hybridized carbons (Fsp3) is 0.0769. The van der Waals surface area contributed by atoms with Gasteiger partial charge in [0.2, 0.25) is 0 Å². The zero-order valence-corrected chi connectivity index (χ0v) is 19.1. The summed E-state index contributed by atoms with van der Waals surface area (Å²) in [6.07, 6.45) is 1.45. The van der Waals surface area contributed by atoms with Gasteiger partial charge in [0.1, 0.15) is 5.52 Å². The number of carbonyl (C=O) groups is 1. The summed E-state index contributed by atoms with van der Waals surface area (Å²) in [6.45, 7) is 0.445. The summed E-state index contributed by atoms with van der Waals surface area (Å²) in [4.78, 5) is 11.1. The van der Waals surface area contributed by atoms with Crippen LogP contribution in [0, 0.1) is 17.1 Å². The van der Waals surface area contributed by atoms with E-state index in [2.05, 4.69) is 31.7 Å². The van der Waals surface area contributed by atoms with E-state index in [-0.39, 0.29) is 11.9 Å². The lowest BCUT2D eigenvalue weighted by molar-refractivity contribution is -0.136. The Morgan fingerprint density at radius 2 is 1.95 bits per heavy atom. The Kier molecular flexibility index (Phi) is 5.19. The number of fused-ring (bicyclic) bond motifs is 2. The van der Waals surface area contributed by atoms with Crippen LogP contribution in [0.15, 0.2) is 66.9 Å². The van der Waals surface area contributed by atoms with Gasteiger partial charge in [0.05, 0.1) is 52.7 Å². The number of benzene rings is 3. The van der Waals surface area contributed by atoms with Crippen molar-refractivity contribution in [2.45, 2.75) is 13.0 Å². The summed E-state index contributed by atoms with van der Waals surface area (Å²) in [7, 11) is 0. The Morgan fingerprint density at radius 1 is 1.11 bits per heavy atom. The van der Waals surface area contributed by atoms with E-state index in [0.29, 0.717) is 51.2 Å². The van der Waals surface area contributed by atoms with Gasteiger partial charge in [-0.25, -0.2) is 9.07 Å². The van der Waals surface area contributed by atoms with E-state index >= 15 is 4.39 Å². The summed E-state index contributed by atoms with van der Waals surface area (Å²) in [6, 6.07) is 19.6. The average Bonchev–Trinajstić information content (AvgIpc) is 3.63. The first-order valence-corrected chi connectivity index (χ1v) is 11.3. The molecule has 180 valence electrons. The molecule has 0 fully saturated rings. The van der Waals surface area contributed by atoms with E-state index in [4.69, 9.17) is 10.4 Å². The molecule has 3 heterocycles. The van der Waals surface area contributed by atoms with Crippen LogP contribution in [0.3, 0.4) is 0 Å². The van der Waals surface area contributed by atoms with Gasteiger partial charge in [-0.1, -0.05) is 17.3 Å².